The monoisotopic (exact) mass is 357 g/mol. The van der Waals surface area contributed by atoms with E-state index in [1.807, 2.05) is 19.1 Å². The van der Waals surface area contributed by atoms with E-state index in [-0.39, 0.29) is 11.9 Å². The van der Waals surface area contributed by atoms with E-state index in [2.05, 4.69) is 39.7 Å². The predicted octanol–water partition coefficient (Wildman–Crippen LogP) is 3.07. The van der Waals surface area contributed by atoms with Gasteiger partial charge >= 0.3 is 6.01 Å². The molecule has 3 rings (SSSR count). The number of aromatic nitrogens is 4. The molecule has 0 bridgehead atoms. The molecule has 2 heterocycles. The van der Waals surface area contributed by atoms with Crippen molar-refractivity contribution in [3.63, 3.8) is 0 Å². The number of amides is 1. The Bertz CT molecular complexity index is 870. The number of hydrogen-bond acceptors (Lipinski definition) is 6. The SMILES string of the molecule is CCSc1ccc(Cc2nnc(NC(=O)c3nn(C)cc3C)o2)cc1. The normalized spacial score (nSPS) is 10.8. The summed E-state index contributed by atoms with van der Waals surface area (Å²) in [6, 6.07) is 8.30. The zero-order valence-corrected chi connectivity index (χ0v) is 15.1. The third kappa shape index (κ3) is 4.27. The number of carbonyl (C=O) groups is 1. The zero-order valence-electron chi connectivity index (χ0n) is 14.3. The molecule has 1 amide bonds. The van der Waals surface area contributed by atoms with Crippen molar-refractivity contribution < 1.29 is 9.21 Å². The van der Waals surface area contributed by atoms with Crippen molar-refractivity contribution in [3.05, 3.63) is 53.2 Å². The van der Waals surface area contributed by atoms with E-state index in [0.717, 1.165) is 16.9 Å². The molecule has 1 N–H and O–H groups in total. The molecule has 25 heavy (non-hydrogen) atoms. The molecule has 2 aromatic heterocycles. The maximum atomic E-state index is 12.2. The number of thioether (sulfide) groups is 1. The van der Waals surface area contributed by atoms with Gasteiger partial charge in [0, 0.05) is 23.7 Å². The van der Waals surface area contributed by atoms with Crippen LogP contribution >= 0.6 is 11.8 Å². The van der Waals surface area contributed by atoms with Crippen LogP contribution in [0.3, 0.4) is 0 Å². The molecule has 1 aromatic carbocycles. The van der Waals surface area contributed by atoms with Crippen molar-refractivity contribution in [2.75, 3.05) is 11.1 Å². The Morgan fingerprint density at radius 3 is 2.68 bits per heavy atom. The van der Waals surface area contributed by atoms with Crippen molar-refractivity contribution in [2.45, 2.75) is 25.2 Å². The van der Waals surface area contributed by atoms with E-state index < -0.39 is 0 Å². The van der Waals surface area contributed by atoms with E-state index in [0.29, 0.717) is 18.0 Å². The van der Waals surface area contributed by atoms with Crippen LogP contribution in [0.15, 0.2) is 39.8 Å². The van der Waals surface area contributed by atoms with Gasteiger partial charge in [0.2, 0.25) is 5.89 Å². The summed E-state index contributed by atoms with van der Waals surface area (Å²) in [7, 11) is 1.76. The topological polar surface area (TPSA) is 85.8 Å². The molecule has 0 atom stereocenters. The van der Waals surface area contributed by atoms with Gasteiger partial charge in [-0.15, -0.1) is 16.9 Å². The van der Waals surface area contributed by atoms with Gasteiger partial charge in [-0.05, 0) is 30.4 Å². The van der Waals surface area contributed by atoms with E-state index in [4.69, 9.17) is 4.42 Å². The molecule has 0 fully saturated rings. The van der Waals surface area contributed by atoms with Gasteiger partial charge in [0.1, 0.15) is 0 Å². The molecule has 0 aliphatic carbocycles. The first-order valence-electron chi connectivity index (χ1n) is 7.91. The van der Waals surface area contributed by atoms with Crippen LogP contribution in [0.1, 0.15) is 34.4 Å². The van der Waals surface area contributed by atoms with E-state index in [1.54, 1.807) is 29.7 Å². The molecule has 0 saturated heterocycles. The minimum atomic E-state index is -0.366. The number of carbonyl (C=O) groups excluding carboxylic acids is 1. The fourth-order valence-corrected chi connectivity index (χ4v) is 3.07. The summed E-state index contributed by atoms with van der Waals surface area (Å²) in [4.78, 5) is 13.4. The molecule has 8 heteroatoms. The molecular weight excluding hydrogens is 338 g/mol. The number of nitrogens with one attached hydrogen (secondary N) is 1. The Labute approximate surface area is 149 Å². The lowest BCUT2D eigenvalue weighted by Gasteiger charge is -2.01. The van der Waals surface area contributed by atoms with Gasteiger partial charge in [-0.3, -0.25) is 14.8 Å². The Balaban J connectivity index is 1.64. The molecule has 7 nitrogen and oxygen atoms in total. The number of rotatable bonds is 6. The van der Waals surface area contributed by atoms with Crippen LogP contribution in [-0.4, -0.2) is 31.6 Å². The van der Waals surface area contributed by atoms with Crippen LogP contribution in [0, 0.1) is 6.92 Å². The smallest absolute Gasteiger partial charge is 0.322 e. The second-order valence-electron chi connectivity index (χ2n) is 5.54. The molecule has 0 spiro atoms. The molecule has 130 valence electrons. The van der Waals surface area contributed by atoms with Crippen LogP contribution in [0.4, 0.5) is 6.01 Å². The second-order valence-corrected chi connectivity index (χ2v) is 6.88. The average molecular weight is 357 g/mol. The Morgan fingerprint density at radius 1 is 1.28 bits per heavy atom. The summed E-state index contributed by atoms with van der Waals surface area (Å²) >= 11 is 1.80. The van der Waals surface area contributed by atoms with Crippen molar-refractivity contribution in [2.24, 2.45) is 7.05 Å². The van der Waals surface area contributed by atoms with Gasteiger partial charge in [0.05, 0.1) is 6.42 Å². The van der Waals surface area contributed by atoms with Crippen LogP contribution in [0.25, 0.3) is 0 Å². The van der Waals surface area contributed by atoms with Crippen molar-refractivity contribution in [1.82, 2.24) is 20.0 Å². The maximum Gasteiger partial charge on any atom is 0.322 e. The summed E-state index contributed by atoms with van der Waals surface area (Å²) < 4.78 is 7.10. The van der Waals surface area contributed by atoms with Gasteiger partial charge in [0.25, 0.3) is 5.91 Å². The van der Waals surface area contributed by atoms with Crippen LogP contribution in [0.2, 0.25) is 0 Å². The quantitative estimate of drug-likeness (QED) is 0.682. The standard InChI is InChI=1S/C17H19N5O2S/c1-4-25-13-7-5-12(6-8-13)9-14-19-20-17(24-14)18-16(23)15-11(2)10-22(3)21-15/h5-8,10H,4,9H2,1-3H3,(H,18,20,23). The first kappa shape index (κ1) is 17.2. The van der Waals surface area contributed by atoms with Crippen LogP contribution in [-0.2, 0) is 13.5 Å². The largest absolute Gasteiger partial charge is 0.407 e. The fraction of sp³-hybridized carbons (Fsp3) is 0.294. The molecular formula is C17H19N5O2S. The van der Waals surface area contributed by atoms with Crippen molar-refractivity contribution >= 4 is 23.7 Å². The summed E-state index contributed by atoms with van der Waals surface area (Å²) in [6.07, 6.45) is 2.29. The first-order chi connectivity index (χ1) is 12.0. The lowest BCUT2D eigenvalue weighted by atomic mass is 10.1. The lowest BCUT2D eigenvalue weighted by Crippen LogP contribution is -2.14. The van der Waals surface area contributed by atoms with Gasteiger partial charge in [-0.25, -0.2) is 0 Å². The minimum absolute atomic E-state index is 0.0724. The highest BCUT2D eigenvalue weighted by Gasteiger charge is 2.16. The number of benzene rings is 1. The Hall–Kier alpha value is -2.61. The fourth-order valence-electron chi connectivity index (χ4n) is 2.41. The third-order valence-electron chi connectivity index (χ3n) is 3.50. The Morgan fingerprint density at radius 2 is 2.04 bits per heavy atom. The van der Waals surface area contributed by atoms with Gasteiger partial charge in [0.15, 0.2) is 5.69 Å². The first-order valence-corrected chi connectivity index (χ1v) is 8.89. The number of aryl methyl sites for hydroxylation is 2. The molecule has 0 unspecified atom stereocenters. The molecule has 0 aliphatic rings. The second kappa shape index (κ2) is 7.52. The molecule has 0 radical (unpaired) electrons. The van der Waals surface area contributed by atoms with Crippen molar-refractivity contribution in [1.29, 1.82) is 0 Å². The van der Waals surface area contributed by atoms with Crippen molar-refractivity contribution in [3.8, 4) is 0 Å². The maximum absolute atomic E-state index is 12.2. The summed E-state index contributed by atoms with van der Waals surface area (Å²) in [5.41, 5.74) is 2.19. The summed E-state index contributed by atoms with van der Waals surface area (Å²) in [5.74, 6) is 1.13. The predicted molar refractivity (Wildman–Crippen MR) is 95.8 cm³/mol. The van der Waals surface area contributed by atoms with Crippen LogP contribution in [0.5, 0.6) is 0 Å². The highest BCUT2D eigenvalue weighted by Crippen LogP contribution is 2.19. The number of anilines is 1. The number of hydrogen-bond donors (Lipinski definition) is 1. The molecule has 3 aromatic rings. The molecule has 0 saturated carbocycles. The summed E-state index contributed by atoms with van der Waals surface area (Å²) in [5, 5.41) is 14.6. The van der Waals surface area contributed by atoms with Gasteiger partial charge in [-0.2, -0.15) is 5.10 Å². The van der Waals surface area contributed by atoms with Crippen LogP contribution < -0.4 is 5.32 Å². The summed E-state index contributed by atoms with van der Waals surface area (Å²) in [6.45, 7) is 3.95. The zero-order chi connectivity index (χ0) is 17.8. The molecule has 0 aliphatic heterocycles. The Kier molecular flexibility index (Phi) is 5.18. The third-order valence-corrected chi connectivity index (χ3v) is 4.40. The minimum Gasteiger partial charge on any atom is -0.407 e. The van der Waals surface area contributed by atoms with Gasteiger partial charge in [-0.1, -0.05) is 24.2 Å². The average Bonchev–Trinajstić information content (AvgIpc) is 3.15. The van der Waals surface area contributed by atoms with E-state index in [1.165, 1.54) is 4.90 Å². The van der Waals surface area contributed by atoms with Gasteiger partial charge < -0.3 is 4.42 Å². The number of nitrogens with zero attached hydrogens (tertiary/aromatic N) is 4. The lowest BCUT2D eigenvalue weighted by molar-refractivity contribution is 0.101. The van der Waals surface area contributed by atoms with E-state index >= 15 is 0 Å². The highest BCUT2D eigenvalue weighted by molar-refractivity contribution is 7.99. The van der Waals surface area contributed by atoms with E-state index in [9.17, 15) is 4.79 Å². The highest BCUT2D eigenvalue weighted by atomic mass is 32.2.